The van der Waals surface area contributed by atoms with Crippen LogP contribution in [0, 0.1) is 0 Å². The molecule has 0 atom stereocenters. The van der Waals surface area contributed by atoms with E-state index in [1.54, 1.807) is 19.2 Å². The molecule has 3 heterocycles. The average Bonchev–Trinajstić information content (AvgIpc) is 3.36. The lowest BCUT2D eigenvalue weighted by atomic mass is 10.1. The molecule has 27 heavy (non-hydrogen) atoms. The number of nitrogens with zero attached hydrogens (tertiary/aromatic N) is 4. The van der Waals surface area contributed by atoms with Crippen molar-refractivity contribution in [1.82, 2.24) is 14.3 Å². The number of rotatable bonds is 5. The largest absolute Gasteiger partial charge is 0.497 e. The van der Waals surface area contributed by atoms with Crippen LogP contribution in [0.15, 0.2) is 35.7 Å². The highest BCUT2D eigenvalue weighted by atomic mass is 32.1. The molecule has 1 amide bonds. The Kier molecular flexibility index (Phi) is 4.81. The third-order valence-electron chi connectivity index (χ3n) is 4.63. The molecule has 0 unspecified atom stereocenters. The summed E-state index contributed by atoms with van der Waals surface area (Å²) in [5.41, 5.74) is 2.89. The number of fused-ring (bicyclic) bond motifs is 1. The molecule has 0 N–H and O–H groups in total. The lowest BCUT2D eigenvalue weighted by Gasteiger charge is -2.24. The van der Waals surface area contributed by atoms with Gasteiger partial charge in [0.1, 0.15) is 11.5 Å². The number of ether oxygens (including phenoxy) is 2. The minimum atomic E-state index is -0.0197. The van der Waals surface area contributed by atoms with E-state index in [4.69, 9.17) is 9.47 Å². The smallest absolute Gasteiger partial charge is 0.262 e. The number of aromatic nitrogens is 1. The Morgan fingerprint density at radius 3 is 3.00 bits per heavy atom. The molecule has 0 spiro atoms. The molecule has 0 radical (unpaired) electrons. The van der Waals surface area contributed by atoms with Gasteiger partial charge in [0, 0.05) is 42.6 Å². The molecular formula is C19H20N4O3S. The van der Waals surface area contributed by atoms with Gasteiger partial charge in [-0.3, -0.25) is 4.79 Å². The molecule has 8 heteroatoms. The first kappa shape index (κ1) is 17.5. The first-order valence-electron chi connectivity index (χ1n) is 8.64. The Bertz CT molecular complexity index is 921. The normalized spacial score (nSPS) is 15.6. The van der Waals surface area contributed by atoms with Gasteiger partial charge in [-0.15, -0.1) is 0 Å². The Balaban J connectivity index is 1.45. The Hall–Kier alpha value is -2.87. The van der Waals surface area contributed by atoms with Gasteiger partial charge in [-0.25, -0.2) is 9.38 Å². The van der Waals surface area contributed by atoms with Gasteiger partial charge in [-0.1, -0.05) is 0 Å². The summed E-state index contributed by atoms with van der Waals surface area (Å²) in [6, 6.07) is 5.62. The van der Waals surface area contributed by atoms with Crippen LogP contribution >= 0.6 is 11.5 Å². The highest BCUT2D eigenvalue weighted by molar-refractivity contribution is 7.06. The maximum atomic E-state index is 12.7. The topological polar surface area (TPSA) is 67.3 Å². The van der Waals surface area contributed by atoms with E-state index in [0.717, 1.165) is 27.5 Å². The summed E-state index contributed by atoms with van der Waals surface area (Å²) in [6.07, 6.45) is 6.52. The van der Waals surface area contributed by atoms with E-state index in [9.17, 15) is 4.79 Å². The second kappa shape index (κ2) is 7.40. The summed E-state index contributed by atoms with van der Waals surface area (Å²) in [6.45, 7) is 1.57. The summed E-state index contributed by atoms with van der Waals surface area (Å²) < 4.78 is 14.9. The molecular weight excluding hydrogens is 364 g/mol. The Morgan fingerprint density at radius 2 is 2.19 bits per heavy atom. The lowest BCUT2D eigenvalue weighted by molar-refractivity contribution is -0.131. The summed E-state index contributed by atoms with van der Waals surface area (Å²) in [7, 11) is 3.24. The molecule has 0 saturated heterocycles. The van der Waals surface area contributed by atoms with Crippen LogP contribution in [0.4, 0.5) is 0 Å². The van der Waals surface area contributed by atoms with Crippen LogP contribution in [0.2, 0.25) is 0 Å². The van der Waals surface area contributed by atoms with Gasteiger partial charge in [0.25, 0.3) is 5.91 Å². The monoisotopic (exact) mass is 384 g/mol. The van der Waals surface area contributed by atoms with Crippen molar-refractivity contribution in [3.05, 3.63) is 46.6 Å². The van der Waals surface area contributed by atoms with E-state index in [0.29, 0.717) is 31.8 Å². The number of amides is 1. The van der Waals surface area contributed by atoms with Crippen LogP contribution in [0.3, 0.4) is 0 Å². The highest BCUT2D eigenvalue weighted by Gasteiger charge is 2.25. The summed E-state index contributed by atoms with van der Waals surface area (Å²) in [4.78, 5) is 15.8. The molecule has 2 aliphatic heterocycles. The van der Waals surface area contributed by atoms with E-state index in [1.165, 1.54) is 11.5 Å². The van der Waals surface area contributed by atoms with E-state index in [2.05, 4.69) is 9.47 Å². The van der Waals surface area contributed by atoms with Gasteiger partial charge in [-0.05, 0) is 29.7 Å². The van der Waals surface area contributed by atoms with Crippen molar-refractivity contribution in [3.8, 4) is 11.5 Å². The fourth-order valence-corrected chi connectivity index (χ4v) is 3.85. The Labute approximate surface area is 161 Å². The molecule has 7 nitrogen and oxygen atoms in total. The van der Waals surface area contributed by atoms with Crippen molar-refractivity contribution in [2.24, 2.45) is 5.10 Å². The van der Waals surface area contributed by atoms with E-state index in [1.807, 2.05) is 41.6 Å². The number of hydrogen-bond donors (Lipinski definition) is 0. The predicted molar refractivity (Wildman–Crippen MR) is 104 cm³/mol. The van der Waals surface area contributed by atoms with Crippen LogP contribution in [0.1, 0.15) is 22.4 Å². The van der Waals surface area contributed by atoms with Crippen molar-refractivity contribution in [2.75, 3.05) is 27.3 Å². The summed E-state index contributed by atoms with van der Waals surface area (Å²) >= 11 is 1.47. The second-order valence-corrected chi connectivity index (χ2v) is 7.15. The molecule has 2 aromatic rings. The number of carbonyl (C=O) groups excluding carboxylic acids is 1. The molecule has 0 saturated carbocycles. The predicted octanol–water partition coefficient (Wildman–Crippen LogP) is 2.58. The molecule has 1 aromatic heterocycles. The fraction of sp³-hybridized carbons (Fsp3) is 0.316. The van der Waals surface area contributed by atoms with Gasteiger partial charge >= 0.3 is 0 Å². The first-order chi connectivity index (χ1) is 13.2. The van der Waals surface area contributed by atoms with Crippen LogP contribution in [0.5, 0.6) is 11.5 Å². The van der Waals surface area contributed by atoms with Gasteiger partial charge in [0.15, 0.2) is 0 Å². The molecule has 2 aliphatic rings. The van der Waals surface area contributed by atoms with Gasteiger partial charge in [-0.2, -0.15) is 5.10 Å². The van der Waals surface area contributed by atoms with Crippen LogP contribution in [-0.2, 0) is 11.3 Å². The summed E-state index contributed by atoms with van der Waals surface area (Å²) in [5, 5.41) is 6.09. The van der Waals surface area contributed by atoms with E-state index < -0.39 is 0 Å². The minimum Gasteiger partial charge on any atom is -0.497 e. The standard InChI is InChI=1S/C19H20N4O3S/c1-25-14-3-4-15(17(9-14)26-2)16-5-8-23(21-16)19(24)12-22-7-6-18-13(11-22)10-20-27-18/h3-4,6-7,9-10H,5,8,11-12H2,1-2H3. The fourth-order valence-electron chi connectivity index (χ4n) is 3.20. The molecule has 4 rings (SSSR count). The van der Waals surface area contributed by atoms with E-state index >= 15 is 0 Å². The summed E-state index contributed by atoms with van der Waals surface area (Å²) in [5.74, 6) is 1.40. The maximum absolute atomic E-state index is 12.7. The average molecular weight is 384 g/mol. The number of benzene rings is 1. The first-order valence-corrected chi connectivity index (χ1v) is 9.41. The highest BCUT2D eigenvalue weighted by Crippen LogP contribution is 2.28. The molecule has 1 aromatic carbocycles. The van der Waals surface area contributed by atoms with Gasteiger partial charge in [0.2, 0.25) is 0 Å². The Morgan fingerprint density at radius 1 is 1.30 bits per heavy atom. The van der Waals surface area contributed by atoms with Crippen molar-refractivity contribution in [1.29, 1.82) is 0 Å². The van der Waals surface area contributed by atoms with Gasteiger partial charge < -0.3 is 14.4 Å². The zero-order chi connectivity index (χ0) is 18.8. The van der Waals surface area contributed by atoms with Gasteiger partial charge in [0.05, 0.1) is 37.9 Å². The quantitative estimate of drug-likeness (QED) is 0.793. The van der Waals surface area contributed by atoms with Crippen molar-refractivity contribution < 1.29 is 14.3 Å². The zero-order valence-corrected chi connectivity index (χ0v) is 16.0. The van der Waals surface area contributed by atoms with Crippen molar-refractivity contribution in [2.45, 2.75) is 13.0 Å². The third kappa shape index (κ3) is 3.52. The maximum Gasteiger partial charge on any atom is 0.262 e. The zero-order valence-electron chi connectivity index (χ0n) is 15.2. The van der Waals surface area contributed by atoms with Crippen molar-refractivity contribution >= 4 is 29.2 Å². The number of hydrazone groups is 1. The number of methoxy groups -OCH3 is 2. The SMILES string of the molecule is COc1ccc(C2=NN(C(=O)CN3C=Cc4sncc4C3)CC2)c(OC)c1. The van der Waals surface area contributed by atoms with Crippen molar-refractivity contribution in [3.63, 3.8) is 0 Å². The number of hydrogen-bond acceptors (Lipinski definition) is 7. The molecule has 0 bridgehead atoms. The van der Waals surface area contributed by atoms with E-state index in [-0.39, 0.29) is 5.91 Å². The lowest BCUT2D eigenvalue weighted by Crippen LogP contribution is -2.34. The van der Waals surface area contributed by atoms with Crippen LogP contribution in [0.25, 0.3) is 6.08 Å². The third-order valence-corrected chi connectivity index (χ3v) is 5.44. The molecule has 0 aliphatic carbocycles. The number of carbonyl (C=O) groups is 1. The minimum absolute atomic E-state index is 0.0197. The van der Waals surface area contributed by atoms with Crippen LogP contribution < -0.4 is 9.47 Å². The molecule has 140 valence electrons. The second-order valence-electron chi connectivity index (χ2n) is 6.32. The molecule has 0 fully saturated rings. The van der Waals surface area contributed by atoms with Crippen LogP contribution in [-0.4, -0.2) is 53.2 Å².